The topological polar surface area (TPSA) is 12.9 Å². The second kappa shape index (κ2) is 4.84. The molecule has 85 valence electrons. The highest BCUT2D eigenvalue weighted by Crippen LogP contribution is 2.22. The van der Waals surface area contributed by atoms with Gasteiger partial charge in [-0.25, -0.2) is 0 Å². The van der Waals surface area contributed by atoms with Crippen molar-refractivity contribution in [2.45, 2.75) is 0 Å². The molecule has 0 unspecified atom stereocenters. The number of hydrogen-bond donors (Lipinski definition) is 0. The molecule has 2 aromatic carbocycles. The summed E-state index contributed by atoms with van der Waals surface area (Å²) in [5, 5.41) is 0. The first-order valence-corrected chi connectivity index (χ1v) is 5.92. The fourth-order valence-corrected chi connectivity index (χ4v) is 1.92. The number of pyridine rings is 1. The van der Waals surface area contributed by atoms with Gasteiger partial charge in [0.15, 0.2) is 0 Å². The minimum Gasteiger partial charge on any atom is -0.256 e. The number of rotatable bonds is 2. The average Bonchev–Trinajstić information content (AvgIpc) is 2.49. The Morgan fingerprint density at radius 1 is 0.722 bits per heavy atom. The Labute approximate surface area is 107 Å². The Morgan fingerprint density at radius 2 is 1.56 bits per heavy atom. The third-order valence-electron chi connectivity index (χ3n) is 2.86. The van der Waals surface area contributed by atoms with E-state index in [1.807, 2.05) is 42.5 Å². The molecular formula is C17H12N. The molecule has 1 aromatic heterocycles. The zero-order valence-corrected chi connectivity index (χ0v) is 9.88. The van der Waals surface area contributed by atoms with Crippen LogP contribution in [-0.2, 0) is 0 Å². The van der Waals surface area contributed by atoms with Crippen molar-refractivity contribution in [1.82, 2.24) is 4.98 Å². The van der Waals surface area contributed by atoms with Crippen LogP contribution in [0.25, 0.3) is 22.4 Å². The van der Waals surface area contributed by atoms with Crippen LogP contribution < -0.4 is 0 Å². The van der Waals surface area contributed by atoms with Gasteiger partial charge in [-0.2, -0.15) is 0 Å². The van der Waals surface area contributed by atoms with E-state index >= 15 is 0 Å². The standard InChI is InChI=1S/C17H12N/c1-2-6-14(7-3-1)15-9-11-16(12-10-15)17-8-4-5-13-18-17/h1-11,13H. The summed E-state index contributed by atoms with van der Waals surface area (Å²) < 4.78 is 0. The smallest absolute Gasteiger partial charge is 0.0708 e. The van der Waals surface area contributed by atoms with Crippen LogP contribution in [0, 0.1) is 6.07 Å². The van der Waals surface area contributed by atoms with Crippen LogP contribution in [0.4, 0.5) is 0 Å². The van der Waals surface area contributed by atoms with Gasteiger partial charge in [0, 0.05) is 11.8 Å². The fourth-order valence-electron chi connectivity index (χ4n) is 1.92. The molecule has 0 aliphatic carbocycles. The molecule has 0 aliphatic rings. The molecule has 0 fully saturated rings. The molecule has 0 saturated carbocycles. The van der Waals surface area contributed by atoms with Gasteiger partial charge in [0.05, 0.1) is 5.69 Å². The van der Waals surface area contributed by atoms with Crippen LogP contribution in [0.5, 0.6) is 0 Å². The van der Waals surface area contributed by atoms with Crippen LogP contribution in [-0.4, -0.2) is 4.98 Å². The average molecular weight is 230 g/mol. The Hall–Kier alpha value is -2.41. The van der Waals surface area contributed by atoms with E-state index in [1.54, 1.807) is 6.20 Å². The third-order valence-corrected chi connectivity index (χ3v) is 2.86. The molecule has 0 N–H and O–H groups in total. The molecule has 1 heteroatoms. The Morgan fingerprint density at radius 3 is 2.22 bits per heavy atom. The predicted octanol–water partition coefficient (Wildman–Crippen LogP) is 4.22. The Kier molecular flexibility index (Phi) is 2.89. The monoisotopic (exact) mass is 230 g/mol. The van der Waals surface area contributed by atoms with Gasteiger partial charge in [0.1, 0.15) is 0 Å². The van der Waals surface area contributed by atoms with Crippen molar-refractivity contribution in [3.63, 3.8) is 0 Å². The maximum Gasteiger partial charge on any atom is 0.0708 e. The highest BCUT2D eigenvalue weighted by atomic mass is 14.7. The maximum absolute atomic E-state index is 4.32. The summed E-state index contributed by atoms with van der Waals surface area (Å²) >= 11 is 0. The summed E-state index contributed by atoms with van der Waals surface area (Å²) in [4.78, 5) is 4.32. The van der Waals surface area contributed by atoms with Crippen molar-refractivity contribution in [2.24, 2.45) is 0 Å². The van der Waals surface area contributed by atoms with Gasteiger partial charge in [-0.1, -0.05) is 48.5 Å². The van der Waals surface area contributed by atoms with E-state index in [9.17, 15) is 0 Å². The lowest BCUT2D eigenvalue weighted by molar-refractivity contribution is 1.32. The van der Waals surface area contributed by atoms with E-state index in [1.165, 1.54) is 11.1 Å². The van der Waals surface area contributed by atoms with Crippen LogP contribution in [0.1, 0.15) is 0 Å². The van der Waals surface area contributed by atoms with Gasteiger partial charge in [-0.3, -0.25) is 4.98 Å². The molecular weight excluding hydrogens is 218 g/mol. The normalized spacial score (nSPS) is 10.2. The second-order valence-corrected chi connectivity index (χ2v) is 4.07. The number of benzene rings is 2. The van der Waals surface area contributed by atoms with Crippen molar-refractivity contribution in [3.8, 4) is 22.4 Å². The fraction of sp³-hybridized carbons (Fsp3) is 0. The first-order chi connectivity index (χ1) is 8.93. The van der Waals surface area contributed by atoms with Gasteiger partial charge < -0.3 is 0 Å². The van der Waals surface area contributed by atoms with Gasteiger partial charge in [0.25, 0.3) is 0 Å². The summed E-state index contributed by atoms with van der Waals surface area (Å²) in [5.41, 5.74) is 4.36. The predicted molar refractivity (Wildman–Crippen MR) is 73.9 cm³/mol. The van der Waals surface area contributed by atoms with Crippen LogP contribution in [0.3, 0.4) is 0 Å². The SMILES string of the molecule is [c]1cc(-c2ccccc2)ccc1-c1ccccn1. The first-order valence-electron chi connectivity index (χ1n) is 5.92. The van der Waals surface area contributed by atoms with Crippen molar-refractivity contribution in [3.05, 3.63) is 79.0 Å². The van der Waals surface area contributed by atoms with Gasteiger partial charge >= 0.3 is 0 Å². The van der Waals surface area contributed by atoms with Crippen LogP contribution in [0.15, 0.2) is 72.9 Å². The molecule has 0 atom stereocenters. The van der Waals surface area contributed by atoms with E-state index in [2.05, 4.69) is 35.3 Å². The quantitative estimate of drug-likeness (QED) is 0.642. The van der Waals surface area contributed by atoms with Crippen molar-refractivity contribution in [1.29, 1.82) is 0 Å². The Bertz CT molecular complexity index is 554. The largest absolute Gasteiger partial charge is 0.256 e. The van der Waals surface area contributed by atoms with E-state index in [4.69, 9.17) is 0 Å². The summed E-state index contributed by atoms with van der Waals surface area (Å²) in [7, 11) is 0. The van der Waals surface area contributed by atoms with E-state index < -0.39 is 0 Å². The number of nitrogens with zero attached hydrogens (tertiary/aromatic N) is 1. The lowest BCUT2D eigenvalue weighted by Crippen LogP contribution is -1.83. The summed E-state index contributed by atoms with van der Waals surface area (Å²) in [6, 6.07) is 25.7. The van der Waals surface area contributed by atoms with Gasteiger partial charge in [-0.15, -0.1) is 0 Å². The van der Waals surface area contributed by atoms with Crippen molar-refractivity contribution >= 4 is 0 Å². The summed E-state index contributed by atoms with van der Waals surface area (Å²) in [5.74, 6) is 0. The van der Waals surface area contributed by atoms with E-state index in [-0.39, 0.29) is 0 Å². The number of hydrogen-bond acceptors (Lipinski definition) is 1. The zero-order valence-electron chi connectivity index (χ0n) is 9.88. The van der Waals surface area contributed by atoms with E-state index in [0.717, 1.165) is 11.3 Å². The molecule has 3 rings (SSSR count). The number of aromatic nitrogens is 1. The van der Waals surface area contributed by atoms with E-state index in [0.29, 0.717) is 0 Å². The molecule has 1 radical (unpaired) electrons. The second-order valence-electron chi connectivity index (χ2n) is 4.07. The molecule has 0 aliphatic heterocycles. The summed E-state index contributed by atoms with van der Waals surface area (Å²) in [6.07, 6.45) is 1.80. The highest BCUT2D eigenvalue weighted by molar-refractivity contribution is 5.68. The molecule has 18 heavy (non-hydrogen) atoms. The lowest BCUT2D eigenvalue weighted by Gasteiger charge is -2.03. The molecule has 0 bridgehead atoms. The zero-order chi connectivity index (χ0) is 12.2. The van der Waals surface area contributed by atoms with Crippen LogP contribution >= 0.6 is 0 Å². The molecule has 3 aromatic rings. The molecule has 1 heterocycles. The molecule has 0 spiro atoms. The minimum atomic E-state index is 0.956. The van der Waals surface area contributed by atoms with Crippen molar-refractivity contribution in [2.75, 3.05) is 0 Å². The van der Waals surface area contributed by atoms with Gasteiger partial charge in [-0.05, 0) is 35.4 Å². The summed E-state index contributed by atoms with van der Waals surface area (Å²) in [6.45, 7) is 0. The Balaban J connectivity index is 1.95. The molecule has 0 saturated heterocycles. The van der Waals surface area contributed by atoms with Crippen LogP contribution in [0.2, 0.25) is 0 Å². The molecule has 1 nitrogen and oxygen atoms in total. The highest BCUT2D eigenvalue weighted by Gasteiger charge is 2.00. The minimum absolute atomic E-state index is 0.956. The maximum atomic E-state index is 4.32. The lowest BCUT2D eigenvalue weighted by atomic mass is 10.0. The molecule has 0 amide bonds. The third kappa shape index (κ3) is 2.16. The van der Waals surface area contributed by atoms with Gasteiger partial charge in [0.2, 0.25) is 0 Å². The first kappa shape index (κ1) is 10.7. The van der Waals surface area contributed by atoms with Crippen molar-refractivity contribution < 1.29 is 0 Å².